The highest BCUT2D eigenvalue weighted by Gasteiger charge is 2.26. The van der Waals surface area contributed by atoms with E-state index in [0.29, 0.717) is 19.0 Å². The van der Waals surface area contributed by atoms with Crippen LogP contribution < -0.4 is 0 Å². The normalized spacial score (nSPS) is 16.6. The van der Waals surface area contributed by atoms with Gasteiger partial charge in [-0.05, 0) is 25.0 Å². The molecule has 88 valence electrons. The summed E-state index contributed by atoms with van der Waals surface area (Å²) in [5.74, 6) is 1.12. The van der Waals surface area contributed by atoms with E-state index < -0.39 is 0 Å². The zero-order valence-corrected chi connectivity index (χ0v) is 9.82. The van der Waals surface area contributed by atoms with Crippen molar-refractivity contribution in [1.29, 1.82) is 0 Å². The van der Waals surface area contributed by atoms with Crippen molar-refractivity contribution in [3.8, 4) is 0 Å². The number of nitrogens with zero attached hydrogens (tertiary/aromatic N) is 1. The number of carbonyl (C=O) groups excluding carboxylic acids is 1. The first-order valence-corrected chi connectivity index (χ1v) is 6.13. The van der Waals surface area contributed by atoms with Gasteiger partial charge in [0.05, 0.1) is 12.8 Å². The molecule has 1 aliphatic rings. The summed E-state index contributed by atoms with van der Waals surface area (Å²) in [5, 5.41) is 0. The van der Waals surface area contributed by atoms with Crippen molar-refractivity contribution in [3.05, 3.63) is 24.2 Å². The van der Waals surface area contributed by atoms with Crippen molar-refractivity contribution in [2.45, 2.75) is 51.6 Å². The Morgan fingerprint density at radius 1 is 1.50 bits per heavy atom. The first kappa shape index (κ1) is 11.2. The fourth-order valence-electron chi connectivity index (χ4n) is 2.41. The highest BCUT2D eigenvalue weighted by Crippen LogP contribution is 2.25. The molecular formula is C13H19NO2. The number of furan rings is 1. The van der Waals surface area contributed by atoms with Crippen LogP contribution in [-0.2, 0) is 11.3 Å². The lowest BCUT2D eigenvalue weighted by molar-refractivity contribution is -0.134. The summed E-state index contributed by atoms with van der Waals surface area (Å²) >= 11 is 0. The lowest BCUT2D eigenvalue weighted by Crippen LogP contribution is -2.37. The van der Waals surface area contributed by atoms with Crippen LogP contribution in [0.15, 0.2) is 22.8 Å². The maximum atomic E-state index is 11.9. The summed E-state index contributed by atoms with van der Waals surface area (Å²) in [4.78, 5) is 13.9. The molecule has 1 aromatic rings. The maximum absolute atomic E-state index is 11.9. The molecule has 0 saturated heterocycles. The smallest absolute Gasteiger partial charge is 0.222 e. The van der Waals surface area contributed by atoms with Gasteiger partial charge in [0.2, 0.25) is 5.91 Å². The van der Waals surface area contributed by atoms with E-state index in [-0.39, 0.29) is 5.91 Å². The van der Waals surface area contributed by atoms with Gasteiger partial charge in [-0.3, -0.25) is 4.79 Å². The van der Waals surface area contributed by atoms with Crippen LogP contribution in [0.5, 0.6) is 0 Å². The highest BCUT2D eigenvalue weighted by molar-refractivity contribution is 5.76. The highest BCUT2D eigenvalue weighted by atomic mass is 16.3. The van der Waals surface area contributed by atoms with Gasteiger partial charge in [0.25, 0.3) is 0 Å². The minimum absolute atomic E-state index is 0.239. The number of hydrogen-bond donors (Lipinski definition) is 0. The molecule has 0 radical (unpaired) electrons. The molecule has 16 heavy (non-hydrogen) atoms. The predicted molar refractivity (Wildman–Crippen MR) is 61.8 cm³/mol. The minimum atomic E-state index is 0.239. The number of rotatable bonds is 4. The molecule has 0 unspecified atom stereocenters. The predicted octanol–water partition coefficient (Wildman–Crippen LogP) is 2.96. The van der Waals surface area contributed by atoms with Gasteiger partial charge in [-0.2, -0.15) is 0 Å². The van der Waals surface area contributed by atoms with Crippen LogP contribution in [0.2, 0.25) is 0 Å². The third kappa shape index (κ3) is 2.46. The fraction of sp³-hybridized carbons (Fsp3) is 0.615. The van der Waals surface area contributed by atoms with Gasteiger partial charge >= 0.3 is 0 Å². The Labute approximate surface area is 96.4 Å². The van der Waals surface area contributed by atoms with Gasteiger partial charge in [0.15, 0.2) is 0 Å². The van der Waals surface area contributed by atoms with E-state index in [4.69, 9.17) is 4.42 Å². The van der Waals surface area contributed by atoms with Crippen LogP contribution in [0.25, 0.3) is 0 Å². The molecule has 1 aromatic heterocycles. The fourth-order valence-corrected chi connectivity index (χ4v) is 2.41. The second-order valence-corrected chi connectivity index (χ2v) is 4.39. The van der Waals surface area contributed by atoms with Crippen LogP contribution >= 0.6 is 0 Å². The first-order chi connectivity index (χ1) is 7.81. The molecule has 0 spiro atoms. The number of amides is 1. The Kier molecular flexibility index (Phi) is 3.65. The van der Waals surface area contributed by atoms with Crippen LogP contribution in [0.4, 0.5) is 0 Å². The molecule has 1 aliphatic carbocycles. The van der Waals surface area contributed by atoms with Gasteiger partial charge in [0.1, 0.15) is 5.76 Å². The molecule has 0 atom stereocenters. The molecule has 3 heteroatoms. The zero-order chi connectivity index (χ0) is 11.4. The Bertz CT molecular complexity index is 326. The van der Waals surface area contributed by atoms with Gasteiger partial charge < -0.3 is 9.32 Å². The van der Waals surface area contributed by atoms with Crippen molar-refractivity contribution in [3.63, 3.8) is 0 Å². The molecule has 0 bridgehead atoms. The molecule has 0 N–H and O–H groups in total. The topological polar surface area (TPSA) is 33.5 Å². The summed E-state index contributed by atoms with van der Waals surface area (Å²) < 4.78 is 5.32. The van der Waals surface area contributed by atoms with Crippen LogP contribution in [0.1, 0.15) is 44.8 Å². The van der Waals surface area contributed by atoms with E-state index >= 15 is 0 Å². The lowest BCUT2D eigenvalue weighted by atomic mass is 10.2. The summed E-state index contributed by atoms with van der Waals surface area (Å²) in [6.45, 7) is 2.55. The summed E-state index contributed by atoms with van der Waals surface area (Å²) in [6, 6.07) is 4.24. The van der Waals surface area contributed by atoms with Crippen molar-refractivity contribution >= 4 is 5.91 Å². The number of hydrogen-bond acceptors (Lipinski definition) is 2. The maximum Gasteiger partial charge on any atom is 0.222 e. The SMILES string of the molecule is CCC(=O)N(Cc1ccco1)C1CCCC1. The largest absolute Gasteiger partial charge is 0.467 e. The van der Waals surface area contributed by atoms with Crippen LogP contribution in [-0.4, -0.2) is 16.8 Å². The molecule has 1 amide bonds. The second kappa shape index (κ2) is 5.19. The summed E-state index contributed by atoms with van der Waals surface area (Å²) in [6.07, 6.45) is 7.03. The standard InChI is InChI=1S/C13H19NO2/c1-2-13(15)14(11-6-3-4-7-11)10-12-8-5-9-16-12/h5,8-9,11H,2-4,6-7,10H2,1H3. The molecule has 3 nitrogen and oxygen atoms in total. The van der Waals surface area contributed by atoms with Crippen molar-refractivity contribution in [2.24, 2.45) is 0 Å². The van der Waals surface area contributed by atoms with Gasteiger partial charge in [0, 0.05) is 12.5 Å². The van der Waals surface area contributed by atoms with E-state index in [1.807, 2.05) is 24.0 Å². The third-order valence-electron chi connectivity index (χ3n) is 3.29. The minimum Gasteiger partial charge on any atom is -0.467 e. The zero-order valence-electron chi connectivity index (χ0n) is 9.82. The van der Waals surface area contributed by atoms with Crippen molar-refractivity contribution in [1.82, 2.24) is 4.90 Å². The number of carbonyl (C=O) groups is 1. The summed E-state index contributed by atoms with van der Waals surface area (Å²) in [5.41, 5.74) is 0. The summed E-state index contributed by atoms with van der Waals surface area (Å²) in [7, 11) is 0. The molecular weight excluding hydrogens is 202 g/mol. The van der Waals surface area contributed by atoms with Gasteiger partial charge in [-0.1, -0.05) is 19.8 Å². The monoisotopic (exact) mass is 221 g/mol. The van der Waals surface area contributed by atoms with E-state index in [2.05, 4.69) is 0 Å². The first-order valence-electron chi connectivity index (χ1n) is 6.13. The molecule has 0 aliphatic heterocycles. The van der Waals surface area contributed by atoms with E-state index in [1.54, 1.807) is 6.26 Å². The van der Waals surface area contributed by atoms with Gasteiger partial charge in [-0.25, -0.2) is 0 Å². The molecule has 2 rings (SSSR count). The molecule has 0 aromatic carbocycles. The van der Waals surface area contributed by atoms with Crippen LogP contribution in [0.3, 0.4) is 0 Å². The quantitative estimate of drug-likeness (QED) is 0.783. The van der Waals surface area contributed by atoms with Crippen molar-refractivity contribution < 1.29 is 9.21 Å². The molecule has 1 fully saturated rings. The Hall–Kier alpha value is -1.25. The average molecular weight is 221 g/mol. The average Bonchev–Trinajstić information content (AvgIpc) is 2.97. The van der Waals surface area contributed by atoms with E-state index in [0.717, 1.165) is 18.6 Å². The van der Waals surface area contributed by atoms with E-state index in [1.165, 1.54) is 12.8 Å². The Morgan fingerprint density at radius 2 is 2.25 bits per heavy atom. The molecule has 1 saturated carbocycles. The second-order valence-electron chi connectivity index (χ2n) is 4.39. The van der Waals surface area contributed by atoms with Crippen LogP contribution in [0, 0.1) is 0 Å². The van der Waals surface area contributed by atoms with Crippen molar-refractivity contribution in [2.75, 3.05) is 0 Å². The molecule has 1 heterocycles. The Morgan fingerprint density at radius 3 is 2.81 bits per heavy atom. The van der Waals surface area contributed by atoms with Gasteiger partial charge in [-0.15, -0.1) is 0 Å². The lowest BCUT2D eigenvalue weighted by Gasteiger charge is -2.27. The third-order valence-corrected chi connectivity index (χ3v) is 3.29. The van der Waals surface area contributed by atoms with E-state index in [9.17, 15) is 4.79 Å². The Balaban J connectivity index is 2.04.